The van der Waals surface area contributed by atoms with E-state index in [2.05, 4.69) is 10.6 Å². The lowest BCUT2D eigenvalue weighted by Crippen LogP contribution is -2.56. The highest BCUT2D eigenvalue weighted by Gasteiger charge is 2.36. The van der Waals surface area contributed by atoms with Gasteiger partial charge in [0.15, 0.2) is 0 Å². The molecule has 0 spiro atoms. The predicted molar refractivity (Wildman–Crippen MR) is 62.1 cm³/mol. The molecule has 2 aliphatic rings. The molecule has 3 N–H and O–H groups in total. The Labute approximate surface area is 96.8 Å². The topological polar surface area (TPSA) is 61.4 Å². The Morgan fingerprint density at radius 1 is 1.31 bits per heavy atom. The lowest BCUT2D eigenvalue weighted by atomic mass is 9.97. The van der Waals surface area contributed by atoms with Crippen molar-refractivity contribution in [2.24, 2.45) is 0 Å². The molecule has 0 bridgehead atoms. The number of hydrogen-bond donors (Lipinski definition) is 3. The van der Waals surface area contributed by atoms with Crippen LogP contribution in [0, 0.1) is 0 Å². The molecule has 1 amide bonds. The number of carbonyl (C=O) groups excluding carboxylic acids is 1. The van der Waals surface area contributed by atoms with Gasteiger partial charge in [-0.3, -0.25) is 4.79 Å². The number of rotatable bonds is 3. The summed E-state index contributed by atoms with van der Waals surface area (Å²) in [6.07, 6.45) is 7.27. The van der Waals surface area contributed by atoms with Crippen molar-refractivity contribution in [1.82, 2.24) is 10.6 Å². The van der Waals surface area contributed by atoms with E-state index in [4.69, 9.17) is 0 Å². The zero-order valence-electron chi connectivity index (χ0n) is 9.80. The molecular formula is C12H22N2O2. The second-order valence-corrected chi connectivity index (χ2v) is 5.14. The maximum atomic E-state index is 12.0. The van der Waals surface area contributed by atoms with Crippen molar-refractivity contribution in [2.75, 3.05) is 13.2 Å². The molecule has 0 unspecified atom stereocenters. The lowest BCUT2D eigenvalue weighted by molar-refractivity contribution is -0.126. The molecule has 4 heteroatoms. The molecular weight excluding hydrogens is 204 g/mol. The van der Waals surface area contributed by atoms with Crippen LogP contribution in [-0.4, -0.2) is 35.7 Å². The summed E-state index contributed by atoms with van der Waals surface area (Å²) in [6.45, 7) is 1.01. The molecule has 1 saturated carbocycles. The van der Waals surface area contributed by atoms with Crippen molar-refractivity contribution in [3.63, 3.8) is 0 Å². The highest BCUT2D eigenvalue weighted by molar-refractivity contribution is 5.82. The number of nitrogens with one attached hydrogen (secondary N) is 2. The van der Waals surface area contributed by atoms with E-state index >= 15 is 0 Å². The normalized spacial score (nSPS) is 28.9. The van der Waals surface area contributed by atoms with Crippen LogP contribution in [0.5, 0.6) is 0 Å². The summed E-state index contributed by atoms with van der Waals surface area (Å²) in [5.74, 6) is 0.0793. The summed E-state index contributed by atoms with van der Waals surface area (Å²) in [5.41, 5.74) is -0.323. The quantitative estimate of drug-likeness (QED) is 0.658. The molecule has 2 rings (SSSR count). The van der Waals surface area contributed by atoms with Crippen LogP contribution in [0.15, 0.2) is 0 Å². The van der Waals surface area contributed by atoms with Gasteiger partial charge in [-0.15, -0.1) is 0 Å². The average molecular weight is 226 g/mol. The number of piperidine rings is 1. The van der Waals surface area contributed by atoms with E-state index in [-0.39, 0.29) is 24.1 Å². The Balaban J connectivity index is 1.89. The second-order valence-electron chi connectivity index (χ2n) is 5.14. The van der Waals surface area contributed by atoms with Gasteiger partial charge in [0.25, 0.3) is 0 Å². The van der Waals surface area contributed by atoms with Crippen molar-refractivity contribution >= 4 is 5.91 Å². The van der Waals surface area contributed by atoms with E-state index in [1.165, 1.54) is 0 Å². The Morgan fingerprint density at radius 2 is 2.06 bits per heavy atom. The summed E-state index contributed by atoms with van der Waals surface area (Å²) >= 11 is 0. The largest absolute Gasteiger partial charge is 0.394 e. The first kappa shape index (κ1) is 11.9. The predicted octanol–water partition coefficient (Wildman–Crippen LogP) is 0.550. The van der Waals surface area contributed by atoms with Gasteiger partial charge in [-0.05, 0) is 32.2 Å². The molecule has 4 nitrogen and oxygen atoms in total. The fraction of sp³-hybridized carbons (Fsp3) is 0.917. The maximum Gasteiger partial charge on any atom is 0.237 e. The molecule has 0 radical (unpaired) electrons. The number of amides is 1. The summed E-state index contributed by atoms with van der Waals surface area (Å²) in [6, 6.07) is -0.0437. The zero-order chi connectivity index (χ0) is 11.4. The number of carbonyl (C=O) groups is 1. The van der Waals surface area contributed by atoms with Gasteiger partial charge in [0.1, 0.15) is 0 Å². The van der Waals surface area contributed by atoms with Gasteiger partial charge >= 0.3 is 0 Å². The summed E-state index contributed by atoms with van der Waals surface area (Å²) in [4.78, 5) is 12.0. The smallest absolute Gasteiger partial charge is 0.237 e. The van der Waals surface area contributed by atoms with E-state index in [0.717, 1.165) is 51.5 Å². The minimum absolute atomic E-state index is 0.0437. The van der Waals surface area contributed by atoms with Crippen LogP contribution < -0.4 is 10.6 Å². The Bertz CT molecular complexity index is 243. The molecule has 1 aliphatic heterocycles. The molecule has 16 heavy (non-hydrogen) atoms. The van der Waals surface area contributed by atoms with Gasteiger partial charge in [-0.25, -0.2) is 0 Å². The first-order valence-electron chi connectivity index (χ1n) is 6.42. The van der Waals surface area contributed by atoms with E-state index < -0.39 is 0 Å². The van der Waals surface area contributed by atoms with Crippen molar-refractivity contribution in [3.8, 4) is 0 Å². The van der Waals surface area contributed by atoms with Crippen LogP contribution >= 0.6 is 0 Å². The third-order valence-electron chi connectivity index (χ3n) is 3.88. The van der Waals surface area contributed by atoms with Crippen molar-refractivity contribution in [2.45, 2.75) is 56.5 Å². The molecule has 1 saturated heterocycles. The van der Waals surface area contributed by atoms with Gasteiger partial charge in [0.2, 0.25) is 5.91 Å². The van der Waals surface area contributed by atoms with Crippen molar-refractivity contribution in [3.05, 3.63) is 0 Å². The third-order valence-corrected chi connectivity index (χ3v) is 3.88. The number of aliphatic hydroxyl groups excluding tert-OH is 1. The van der Waals surface area contributed by atoms with E-state index in [9.17, 15) is 9.90 Å². The number of hydrogen-bond acceptors (Lipinski definition) is 3. The standard InChI is InChI=1S/C12H22N2O2/c15-9-12(6-2-3-7-12)14-11(16)10-5-1-4-8-13-10/h10,13,15H,1-9H2,(H,14,16)/t10-/m1/s1. The van der Waals surface area contributed by atoms with Gasteiger partial charge in [0.05, 0.1) is 18.2 Å². The van der Waals surface area contributed by atoms with E-state index in [1.54, 1.807) is 0 Å². The first-order valence-corrected chi connectivity index (χ1v) is 6.42. The molecule has 0 aromatic carbocycles. The molecule has 1 atom stereocenters. The molecule has 1 aliphatic carbocycles. The van der Waals surface area contributed by atoms with Crippen LogP contribution in [0.3, 0.4) is 0 Å². The van der Waals surface area contributed by atoms with Crippen LogP contribution in [-0.2, 0) is 4.79 Å². The minimum atomic E-state index is -0.323. The van der Waals surface area contributed by atoms with Gasteiger partial charge in [-0.2, -0.15) is 0 Å². The molecule has 1 heterocycles. The van der Waals surface area contributed by atoms with E-state index in [0.29, 0.717) is 0 Å². The highest BCUT2D eigenvalue weighted by Crippen LogP contribution is 2.29. The summed E-state index contributed by atoms with van der Waals surface area (Å²) < 4.78 is 0. The minimum Gasteiger partial charge on any atom is -0.394 e. The number of aliphatic hydroxyl groups is 1. The fourth-order valence-corrected chi connectivity index (χ4v) is 2.80. The summed E-state index contributed by atoms with van der Waals surface area (Å²) in [5, 5.41) is 15.7. The average Bonchev–Trinajstić information content (AvgIpc) is 2.79. The highest BCUT2D eigenvalue weighted by atomic mass is 16.3. The third kappa shape index (κ3) is 2.55. The first-order chi connectivity index (χ1) is 7.76. The Hall–Kier alpha value is -0.610. The molecule has 0 aromatic rings. The lowest BCUT2D eigenvalue weighted by Gasteiger charge is -2.31. The molecule has 2 fully saturated rings. The summed E-state index contributed by atoms with van der Waals surface area (Å²) in [7, 11) is 0. The van der Waals surface area contributed by atoms with Gasteiger partial charge in [-0.1, -0.05) is 19.3 Å². The Morgan fingerprint density at radius 3 is 2.62 bits per heavy atom. The van der Waals surface area contributed by atoms with Gasteiger partial charge in [0, 0.05) is 0 Å². The van der Waals surface area contributed by atoms with Crippen LogP contribution in [0.25, 0.3) is 0 Å². The van der Waals surface area contributed by atoms with E-state index in [1.807, 2.05) is 0 Å². The second kappa shape index (κ2) is 5.15. The monoisotopic (exact) mass is 226 g/mol. The van der Waals surface area contributed by atoms with Crippen LogP contribution in [0.4, 0.5) is 0 Å². The maximum absolute atomic E-state index is 12.0. The molecule has 0 aromatic heterocycles. The SMILES string of the molecule is O=C(NC1(CO)CCCC1)[C@H]1CCCCN1. The van der Waals surface area contributed by atoms with Crippen molar-refractivity contribution < 1.29 is 9.90 Å². The molecule has 92 valence electrons. The zero-order valence-corrected chi connectivity index (χ0v) is 9.80. The Kier molecular flexibility index (Phi) is 3.82. The van der Waals surface area contributed by atoms with Gasteiger partial charge < -0.3 is 15.7 Å². The van der Waals surface area contributed by atoms with Crippen LogP contribution in [0.1, 0.15) is 44.9 Å². The fourth-order valence-electron chi connectivity index (χ4n) is 2.80. The van der Waals surface area contributed by atoms with Crippen LogP contribution in [0.2, 0.25) is 0 Å². The van der Waals surface area contributed by atoms with Crippen molar-refractivity contribution in [1.29, 1.82) is 0 Å².